The Morgan fingerprint density at radius 2 is 1.74 bits per heavy atom. The molecule has 0 aliphatic rings. The van der Waals surface area contributed by atoms with E-state index in [0.29, 0.717) is 5.56 Å². The van der Waals surface area contributed by atoms with Crippen molar-refractivity contribution in [2.75, 3.05) is 31.3 Å². The van der Waals surface area contributed by atoms with Crippen LogP contribution >= 0.6 is 0 Å². The second-order valence-electron chi connectivity index (χ2n) is 6.88. The molecule has 2 aromatic carbocycles. The van der Waals surface area contributed by atoms with Crippen LogP contribution in [0.4, 0.5) is 10.1 Å². The van der Waals surface area contributed by atoms with Gasteiger partial charge in [-0.15, -0.1) is 0 Å². The molecular formula is C21H26FN3O5S. The highest BCUT2D eigenvalue weighted by Crippen LogP contribution is 2.29. The van der Waals surface area contributed by atoms with E-state index < -0.39 is 40.2 Å². The number of sulfonamides is 1. The molecule has 0 spiro atoms. The van der Waals surface area contributed by atoms with Crippen LogP contribution in [-0.2, 0) is 26.2 Å². The quantitative estimate of drug-likeness (QED) is 0.627. The van der Waals surface area contributed by atoms with E-state index in [0.717, 1.165) is 10.6 Å². The van der Waals surface area contributed by atoms with Crippen LogP contribution in [0.1, 0.15) is 12.5 Å². The fourth-order valence-electron chi connectivity index (χ4n) is 3.01. The monoisotopic (exact) mass is 451 g/mol. The number of anilines is 1. The second-order valence-corrected chi connectivity index (χ2v) is 8.79. The summed E-state index contributed by atoms with van der Waals surface area (Å²) in [6.07, 6.45) is 0.985. The van der Waals surface area contributed by atoms with Gasteiger partial charge in [0.25, 0.3) is 0 Å². The minimum atomic E-state index is -3.85. The highest BCUT2D eigenvalue weighted by molar-refractivity contribution is 7.92. The fourth-order valence-corrected chi connectivity index (χ4v) is 3.86. The summed E-state index contributed by atoms with van der Waals surface area (Å²) in [6.45, 7) is 0.993. The predicted octanol–water partition coefficient (Wildman–Crippen LogP) is 1.76. The van der Waals surface area contributed by atoms with Crippen LogP contribution in [0.25, 0.3) is 0 Å². The first-order valence-corrected chi connectivity index (χ1v) is 11.3. The third-order valence-corrected chi connectivity index (χ3v) is 5.84. The van der Waals surface area contributed by atoms with E-state index in [-0.39, 0.29) is 18.0 Å². The molecule has 0 heterocycles. The zero-order chi connectivity index (χ0) is 23.2. The van der Waals surface area contributed by atoms with E-state index in [4.69, 9.17) is 4.74 Å². The van der Waals surface area contributed by atoms with E-state index in [1.54, 1.807) is 18.2 Å². The van der Waals surface area contributed by atoms with Crippen LogP contribution in [0.15, 0.2) is 48.5 Å². The summed E-state index contributed by atoms with van der Waals surface area (Å²) in [7, 11) is -1.01. The van der Waals surface area contributed by atoms with E-state index in [2.05, 4.69) is 5.32 Å². The molecule has 2 rings (SSSR count). The number of hydrogen-bond donors (Lipinski definition) is 1. The average molecular weight is 452 g/mol. The number of benzene rings is 2. The van der Waals surface area contributed by atoms with Gasteiger partial charge < -0.3 is 15.0 Å². The largest absolute Gasteiger partial charge is 0.495 e. The summed E-state index contributed by atoms with van der Waals surface area (Å²) in [5.74, 6) is -1.17. The van der Waals surface area contributed by atoms with Gasteiger partial charge in [-0.05, 0) is 36.8 Å². The van der Waals surface area contributed by atoms with Crippen LogP contribution in [0, 0.1) is 5.82 Å². The van der Waals surface area contributed by atoms with Gasteiger partial charge in [0.1, 0.15) is 24.2 Å². The van der Waals surface area contributed by atoms with E-state index in [1.807, 2.05) is 0 Å². The van der Waals surface area contributed by atoms with Crippen LogP contribution in [-0.4, -0.2) is 58.1 Å². The Kier molecular flexibility index (Phi) is 7.98. The predicted molar refractivity (Wildman–Crippen MR) is 116 cm³/mol. The SMILES string of the molecule is CNC(=O)C(C)N(Cc1ccc(F)cc1)C(=O)CN(c1ccccc1OC)S(C)(=O)=O. The maximum absolute atomic E-state index is 13.3. The van der Waals surface area contributed by atoms with Gasteiger partial charge in [0.2, 0.25) is 21.8 Å². The van der Waals surface area contributed by atoms with Gasteiger partial charge in [-0.1, -0.05) is 24.3 Å². The number of nitrogens with one attached hydrogen (secondary N) is 1. The molecule has 168 valence electrons. The van der Waals surface area contributed by atoms with Gasteiger partial charge in [-0.2, -0.15) is 0 Å². The van der Waals surface area contributed by atoms with Gasteiger partial charge in [-0.25, -0.2) is 12.8 Å². The molecule has 0 aliphatic carbocycles. The van der Waals surface area contributed by atoms with Crippen molar-refractivity contribution >= 4 is 27.5 Å². The Balaban J connectivity index is 2.41. The number of amides is 2. The molecule has 31 heavy (non-hydrogen) atoms. The number of nitrogens with zero attached hydrogens (tertiary/aromatic N) is 2. The van der Waals surface area contributed by atoms with Crippen molar-refractivity contribution < 1.29 is 27.1 Å². The van der Waals surface area contributed by atoms with Gasteiger partial charge >= 0.3 is 0 Å². The molecule has 0 bridgehead atoms. The summed E-state index contributed by atoms with van der Waals surface area (Å²) in [5.41, 5.74) is 0.795. The number of carbonyl (C=O) groups is 2. The number of rotatable bonds is 9. The molecule has 0 saturated carbocycles. The fraction of sp³-hybridized carbons (Fsp3) is 0.333. The van der Waals surface area contributed by atoms with Crippen molar-refractivity contribution in [3.05, 3.63) is 59.9 Å². The average Bonchev–Trinajstić information content (AvgIpc) is 2.75. The first-order chi connectivity index (χ1) is 14.6. The van der Waals surface area contributed by atoms with Crippen molar-refractivity contribution in [2.24, 2.45) is 0 Å². The lowest BCUT2D eigenvalue weighted by Gasteiger charge is -2.31. The lowest BCUT2D eigenvalue weighted by atomic mass is 10.1. The number of hydrogen-bond acceptors (Lipinski definition) is 5. The zero-order valence-corrected chi connectivity index (χ0v) is 18.6. The van der Waals surface area contributed by atoms with E-state index in [1.165, 1.54) is 56.3 Å². The molecule has 8 nitrogen and oxygen atoms in total. The molecule has 0 fully saturated rings. The van der Waals surface area contributed by atoms with Gasteiger partial charge in [0, 0.05) is 13.6 Å². The Morgan fingerprint density at radius 3 is 2.29 bits per heavy atom. The maximum atomic E-state index is 13.3. The minimum absolute atomic E-state index is 0.00275. The number of ether oxygens (including phenoxy) is 1. The first kappa shape index (κ1) is 24.1. The van der Waals surface area contributed by atoms with E-state index >= 15 is 0 Å². The van der Waals surface area contributed by atoms with Gasteiger partial charge in [-0.3, -0.25) is 13.9 Å². The van der Waals surface area contributed by atoms with Gasteiger partial charge in [0.05, 0.1) is 19.1 Å². The minimum Gasteiger partial charge on any atom is -0.495 e. The lowest BCUT2D eigenvalue weighted by Crippen LogP contribution is -2.50. The van der Waals surface area contributed by atoms with Crippen LogP contribution in [0.5, 0.6) is 5.75 Å². The third-order valence-electron chi connectivity index (χ3n) is 4.71. The highest BCUT2D eigenvalue weighted by Gasteiger charge is 2.30. The molecule has 1 atom stereocenters. The summed E-state index contributed by atoms with van der Waals surface area (Å²) in [4.78, 5) is 26.7. The van der Waals surface area contributed by atoms with Crippen LogP contribution in [0.3, 0.4) is 0 Å². The summed E-state index contributed by atoms with van der Waals surface area (Å²) in [6, 6.07) is 11.0. The number of halogens is 1. The van der Waals surface area contributed by atoms with Gasteiger partial charge in [0.15, 0.2) is 0 Å². The standard InChI is InChI=1S/C21H26FN3O5S/c1-15(21(27)23-2)24(13-16-9-11-17(22)12-10-16)20(26)14-25(31(4,28)29)18-7-5-6-8-19(18)30-3/h5-12,15H,13-14H2,1-4H3,(H,23,27). The number of likely N-dealkylation sites (N-methyl/N-ethyl adjacent to an activating group) is 1. The normalized spacial score (nSPS) is 12.0. The van der Waals surface area contributed by atoms with E-state index in [9.17, 15) is 22.4 Å². The Hall–Kier alpha value is -3.14. The number of methoxy groups -OCH3 is 1. The lowest BCUT2D eigenvalue weighted by molar-refractivity contribution is -0.139. The molecule has 2 aromatic rings. The third kappa shape index (κ3) is 6.17. The molecule has 0 radical (unpaired) electrons. The van der Waals surface area contributed by atoms with Crippen LogP contribution in [0.2, 0.25) is 0 Å². The smallest absolute Gasteiger partial charge is 0.244 e. The number of para-hydroxylation sites is 2. The summed E-state index contributed by atoms with van der Waals surface area (Å²) >= 11 is 0. The van der Waals surface area contributed by atoms with Crippen molar-refractivity contribution in [1.29, 1.82) is 0 Å². The Morgan fingerprint density at radius 1 is 1.13 bits per heavy atom. The van der Waals surface area contributed by atoms with Crippen molar-refractivity contribution in [3.8, 4) is 5.75 Å². The Bertz CT molecular complexity index is 1030. The molecule has 2 amide bonds. The molecule has 0 aromatic heterocycles. The van der Waals surface area contributed by atoms with Crippen molar-refractivity contribution in [2.45, 2.75) is 19.5 Å². The second kappa shape index (κ2) is 10.3. The van der Waals surface area contributed by atoms with Crippen LogP contribution < -0.4 is 14.4 Å². The summed E-state index contributed by atoms with van der Waals surface area (Å²) < 4.78 is 44.4. The van der Waals surface area contributed by atoms with Crippen molar-refractivity contribution in [1.82, 2.24) is 10.2 Å². The molecule has 10 heteroatoms. The topological polar surface area (TPSA) is 96.0 Å². The number of carbonyl (C=O) groups excluding carboxylic acids is 2. The van der Waals surface area contributed by atoms with Crippen molar-refractivity contribution in [3.63, 3.8) is 0 Å². The highest BCUT2D eigenvalue weighted by atomic mass is 32.2. The zero-order valence-electron chi connectivity index (χ0n) is 17.8. The molecule has 0 aliphatic heterocycles. The molecule has 1 unspecified atom stereocenters. The maximum Gasteiger partial charge on any atom is 0.244 e. The molecule has 1 N–H and O–H groups in total. The Labute approximate surface area is 181 Å². The first-order valence-electron chi connectivity index (χ1n) is 9.44. The summed E-state index contributed by atoms with van der Waals surface area (Å²) in [5, 5.41) is 2.48. The molecular weight excluding hydrogens is 425 g/mol. The molecule has 0 saturated heterocycles.